The average Bonchev–Trinajstić information content (AvgIpc) is 2.79. The van der Waals surface area contributed by atoms with E-state index in [0.29, 0.717) is 22.9 Å². The molecule has 104 valence electrons. The fourth-order valence-corrected chi connectivity index (χ4v) is 2.70. The van der Waals surface area contributed by atoms with E-state index in [9.17, 15) is 10.2 Å². The highest BCUT2D eigenvalue weighted by atomic mass is 35.5. The van der Waals surface area contributed by atoms with E-state index in [-0.39, 0.29) is 6.61 Å². The second-order valence-corrected chi connectivity index (χ2v) is 5.50. The molecule has 1 aliphatic rings. The van der Waals surface area contributed by atoms with Crippen LogP contribution in [0.2, 0.25) is 5.02 Å². The minimum absolute atomic E-state index is 0.253. The molecule has 0 amide bonds. The zero-order valence-corrected chi connectivity index (χ0v) is 11.6. The Bertz CT molecular complexity index is 624. The zero-order chi connectivity index (χ0) is 14.2. The predicted octanol–water partition coefficient (Wildman–Crippen LogP) is 3.26. The van der Waals surface area contributed by atoms with Crippen LogP contribution in [0.5, 0.6) is 11.5 Å². The minimum Gasteiger partial charge on any atom is -0.457 e. The van der Waals surface area contributed by atoms with Crippen LogP contribution in [0.25, 0.3) is 0 Å². The number of aryl methyl sites for hydroxylation is 1. The first-order valence-corrected chi connectivity index (χ1v) is 6.89. The smallest absolute Gasteiger partial charge is 0.127 e. The summed E-state index contributed by atoms with van der Waals surface area (Å²) >= 11 is 5.83. The highest BCUT2D eigenvalue weighted by Gasteiger charge is 2.36. The van der Waals surface area contributed by atoms with Crippen molar-refractivity contribution < 1.29 is 14.9 Å². The average molecular weight is 291 g/mol. The number of fused-ring (bicyclic) bond motifs is 1. The summed E-state index contributed by atoms with van der Waals surface area (Å²) in [6.07, 6.45) is 1.29. The van der Waals surface area contributed by atoms with Gasteiger partial charge in [-0.2, -0.15) is 0 Å². The van der Waals surface area contributed by atoms with Crippen molar-refractivity contribution in [1.29, 1.82) is 0 Å². The van der Waals surface area contributed by atoms with Gasteiger partial charge in [-0.15, -0.1) is 0 Å². The highest BCUT2D eigenvalue weighted by Crippen LogP contribution is 2.38. The molecule has 0 aliphatic heterocycles. The Morgan fingerprint density at radius 3 is 2.50 bits per heavy atom. The maximum atomic E-state index is 10.3. The van der Waals surface area contributed by atoms with Crippen LogP contribution in [0.4, 0.5) is 0 Å². The predicted molar refractivity (Wildman–Crippen MR) is 77.3 cm³/mol. The molecule has 3 nitrogen and oxygen atoms in total. The van der Waals surface area contributed by atoms with E-state index in [1.54, 1.807) is 30.3 Å². The van der Waals surface area contributed by atoms with Crippen LogP contribution in [0, 0.1) is 0 Å². The van der Waals surface area contributed by atoms with E-state index in [1.165, 1.54) is 0 Å². The van der Waals surface area contributed by atoms with Gasteiger partial charge in [-0.05, 0) is 60.4 Å². The van der Waals surface area contributed by atoms with Gasteiger partial charge >= 0.3 is 0 Å². The van der Waals surface area contributed by atoms with Gasteiger partial charge in [0, 0.05) is 5.02 Å². The molecule has 0 heterocycles. The van der Waals surface area contributed by atoms with Crippen LogP contribution in [0.15, 0.2) is 42.5 Å². The lowest BCUT2D eigenvalue weighted by atomic mass is 9.97. The van der Waals surface area contributed by atoms with Gasteiger partial charge in [0.05, 0.1) is 6.61 Å². The quantitative estimate of drug-likeness (QED) is 0.912. The van der Waals surface area contributed by atoms with Gasteiger partial charge in [-0.3, -0.25) is 0 Å². The SMILES string of the molecule is OCC1(O)CCc2cc(Oc3ccc(Cl)cc3)ccc21. The Balaban J connectivity index is 1.85. The molecule has 2 aromatic carbocycles. The van der Waals surface area contributed by atoms with Crippen LogP contribution in [0.3, 0.4) is 0 Å². The number of hydrogen-bond acceptors (Lipinski definition) is 3. The largest absolute Gasteiger partial charge is 0.457 e. The van der Waals surface area contributed by atoms with E-state index in [1.807, 2.05) is 12.1 Å². The van der Waals surface area contributed by atoms with Gasteiger partial charge in [0.15, 0.2) is 0 Å². The van der Waals surface area contributed by atoms with Crippen molar-refractivity contribution in [3.05, 3.63) is 58.6 Å². The first-order chi connectivity index (χ1) is 9.60. The van der Waals surface area contributed by atoms with Gasteiger partial charge in [0.25, 0.3) is 0 Å². The summed E-state index contributed by atoms with van der Waals surface area (Å²) in [7, 11) is 0. The molecule has 1 atom stereocenters. The number of rotatable bonds is 3. The first kappa shape index (κ1) is 13.4. The second-order valence-electron chi connectivity index (χ2n) is 5.06. The van der Waals surface area contributed by atoms with E-state index in [2.05, 4.69) is 0 Å². The molecule has 4 heteroatoms. The molecular weight excluding hydrogens is 276 g/mol. The van der Waals surface area contributed by atoms with Crippen LogP contribution in [0.1, 0.15) is 17.5 Å². The van der Waals surface area contributed by atoms with Gasteiger partial charge in [0.1, 0.15) is 17.1 Å². The number of hydrogen-bond donors (Lipinski definition) is 2. The van der Waals surface area contributed by atoms with Crippen molar-refractivity contribution in [2.45, 2.75) is 18.4 Å². The molecule has 0 aromatic heterocycles. The van der Waals surface area contributed by atoms with Gasteiger partial charge in [0.2, 0.25) is 0 Å². The van der Waals surface area contributed by atoms with Crippen molar-refractivity contribution >= 4 is 11.6 Å². The lowest BCUT2D eigenvalue weighted by Gasteiger charge is -2.20. The lowest BCUT2D eigenvalue weighted by molar-refractivity contribution is -0.0172. The van der Waals surface area contributed by atoms with E-state index in [0.717, 1.165) is 17.5 Å². The lowest BCUT2D eigenvalue weighted by Crippen LogP contribution is -2.26. The molecular formula is C16H15ClO3. The maximum Gasteiger partial charge on any atom is 0.127 e. The number of benzene rings is 2. The van der Waals surface area contributed by atoms with Crippen molar-refractivity contribution in [2.24, 2.45) is 0 Å². The third-order valence-corrected chi connectivity index (χ3v) is 3.95. The van der Waals surface area contributed by atoms with Crippen LogP contribution < -0.4 is 4.74 Å². The van der Waals surface area contributed by atoms with Crippen molar-refractivity contribution in [2.75, 3.05) is 6.61 Å². The normalized spacial score (nSPS) is 20.8. The fraction of sp³-hybridized carbons (Fsp3) is 0.250. The Labute approximate surface area is 122 Å². The number of aliphatic hydroxyl groups is 2. The van der Waals surface area contributed by atoms with Gasteiger partial charge in [-0.1, -0.05) is 17.7 Å². The molecule has 0 saturated heterocycles. The van der Waals surface area contributed by atoms with Crippen molar-refractivity contribution in [3.63, 3.8) is 0 Å². The molecule has 0 saturated carbocycles. The molecule has 0 spiro atoms. The molecule has 0 radical (unpaired) electrons. The molecule has 3 rings (SSSR count). The Morgan fingerprint density at radius 2 is 1.80 bits per heavy atom. The summed E-state index contributed by atoms with van der Waals surface area (Å²) in [6.45, 7) is -0.253. The summed E-state index contributed by atoms with van der Waals surface area (Å²) in [4.78, 5) is 0. The molecule has 1 aliphatic carbocycles. The summed E-state index contributed by atoms with van der Waals surface area (Å²) < 4.78 is 5.76. The summed E-state index contributed by atoms with van der Waals surface area (Å²) in [5.41, 5.74) is 0.713. The summed E-state index contributed by atoms with van der Waals surface area (Å²) in [6, 6.07) is 12.7. The zero-order valence-electron chi connectivity index (χ0n) is 10.8. The summed E-state index contributed by atoms with van der Waals surface area (Å²) in [5.74, 6) is 1.43. The number of aliphatic hydroxyl groups excluding tert-OH is 1. The Hall–Kier alpha value is -1.55. The van der Waals surface area contributed by atoms with E-state index < -0.39 is 5.60 Å². The number of halogens is 1. The standard InChI is InChI=1S/C16H15ClO3/c17-12-1-3-13(4-2-12)20-14-5-6-15-11(9-14)7-8-16(15,19)10-18/h1-6,9,18-19H,7-8,10H2. The minimum atomic E-state index is -1.10. The second kappa shape index (κ2) is 5.09. The van der Waals surface area contributed by atoms with Gasteiger partial charge < -0.3 is 14.9 Å². The topological polar surface area (TPSA) is 49.7 Å². The molecule has 20 heavy (non-hydrogen) atoms. The van der Waals surface area contributed by atoms with Crippen molar-refractivity contribution in [1.82, 2.24) is 0 Å². The summed E-state index contributed by atoms with van der Waals surface area (Å²) in [5, 5.41) is 20.2. The third kappa shape index (κ3) is 2.40. The van der Waals surface area contributed by atoms with Crippen molar-refractivity contribution in [3.8, 4) is 11.5 Å². The molecule has 0 fully saturated rings. The maximum absolute atomic E-state index is 10.3. The number of ether oxygens (including phenoxy) is 1. The molecule has 0 bridgehead atoms. The monoisotopic (exact) mass is 290 g/mol. The first-order valence-electron chi connectivity index (χ1n) is 6.51. The Kier molecular flexibility index (Phi) is 3.42. The van der Waals surface area contributed by atoms with Crippen LogP contribution >= 0.6 is 11.6 Å². The van der Waals surface area contributed by atoms with Crippen LogP contribution in [-0.4, -0.2) is 16.8 Å². The van der Waals surface area contributed by atoms with E-state index >= 15 is 0 Å². The molecule has 2 N–H and O–H groups in total. The highest BCUT2D eigenvalue weighted by molar-refractivity contribution is 6.30. The molecule has 2 aromatic rings. The van der Waals surface area contributed by atoms with Crippen LogP contribution in [-0.2, 0) is 12.0 Å². The third-order valence-electron chi connectivity index (χ3n) is 3.70. The Morgan fingerprint density at radius 1 is 1.10 bits per heavy atom. The van der Waals surface area contributed by atoms with E-state index in [4.69, 9.17) is 16.3 Å². The fourth-order valence-electron chi connectivity index (χ4n) is 2.57. The van der Waals surface area contributed by atoms with Gasteiger partial charge in [-0.25, -0.2) is 0 Å². The molecule has 1 unspecified atom stereocenters.